The average molecular weight is 681 g/mol. The number of carbonyl (C=O) groups excluding carboxylic acids is 2. The molecule has 0 bridgehead atoms. The van der Waals surface area contributed by atoms with Crippen molar-refractivity contribution < 1.29 is 9.59 Å². The summed E-state index contributed by atoms with van der Waals surface area (Å²) in [6.07, 6.45) is 17.0. The molecule has 14 heteroatoms. The lowest BCUT2D eigenvalue weighted by atomic mass is 9.73. The number of carbonyl (C=O) groups is 2. The fourth-order valence-corrected chi connectivity index (χ4v) is 4.91. The minimum absolute atomic E-state index is 0.0265. The third-order valence-corrected chi connectivity index (χ3v) is 7.82. The number of aliphatic imine (C=N–C) groups is 4. The maximum absolute atomic E-state index is 13.0. The first-order valence-corrected chi connectivity index (χ1v) is 16.8. The van der Waals surface area contributed by atoms with E-state index in [1.807, 2.05) is 12.2 Å². The Bertz CT molecular complexity index is 1360. The molecular weight excluding hydrogens is 620 g/mol. The zero-order chi connectivity index (χ0) is 36.8. The minimum atomic E-state index is -0.330. The largest absolute Gasteiger partial charge is 0.386 e. The third-order valence-electron chi connectivity index (χ3n) is 7.82. The second-order valence-electron chi connectivity index (χ2n) is 12.4. The van der Waals surface area contributed by atoms with Crippen LogP contribution in [0.3, 0.4) is 0 Å². The fraction of sp³-hybridized carbons (Fsp3) is 0.543. The van der Waals surface area contributed by atoms with Gasteiger partial charge in [0.15, 0.2) is 17.9 Å². The van der Waals surface area contributed by atoms with Crippen LogP contribution >= 0.6 is 0 Å². The summed E-state index contributed by atoms with van der Waals surface area (Å²) in [6, 6.07) is 0. The monoisotopic (exact) mass is 680 g/mol. The highest BCUT2D eigenvalue weighted by Crippen LogP contribution is 2.37. The van der Waals surface area contributed by atoms with Gasteiger partial charge in [-0.05, 0) is 85.0 Å². The molecule has 14 N–H and O–H groups in total. The number of allylic oxidation sites excluding steroid dienone is 8. The Hall–Kier alpha value is -4.72. The predicted octanol–water partition coefficient (Wildman–Crippen LogP) is 2.00. The summed E-state index contributed by atoms with van der Waals surface area (Å²) >= 11 is 0. The van der Waals surface area contributed by atoms with E-state index in [2.05, 4.69) is 69.6 Å². The molecule has 0 aliphatic heterocycles. The van der Waals surface area contributed by atoms with Crippen LogP contribution in [0.15, 0.2) is 78.7 Å². The molecule has 0 aromatic carbocycles. The van der Waals surface area contributed by atoms with E-state index in [-0.39, 0.29) is 48.1 Å². The minimum Gasteiger partial charge on any atom is -0.386 e. The van der Waals surface area contributed by atoms with Gasteiger partial charge < -0.3 is 34.4 Å². The molecule has 1 rings (SSSR count). The van der Waals surface area contributed by atoms with Gasteiger partial charge in [-0.1, -0.05) is 47.6 Å². The molecular formula is C35H60N12O2. The van der Waals surface area contributed by atoms with Crippen LogP contribution in [-0.4, -0.2) is 68.3 Å². The molecule has 272 valence electrons. The first-order chi connectivity index (χ1) is 23.2. The standard InChI is InChI=1S/C35H60N12O2/c1-23(2)13-14-27-21-28(12-10-11-24(3)31(48)46-34(40)44-17-8-6-15-42-30(37)22-36)29(19-25(27)4)20-26(5)32(49)47-35(41)45-18-9-7-16-43-33(38)39/h10-13,19-20,27-29H,6-9,14-18,21-22,36H2,1-5H3,(H2,37,42)(H4,38,39,43)(H3,40,44,46,48)(H3,41,45,47,49). The number of rotatable bonds is 18. The van der Waals surface area contributed by atoms with E-state index in [9.17, 15) is 9.59 Å². The number of guanidine groups is 3. The van der Waals surface area contributed by atoms with Crippen molar-refractivity contribution in [2.24, 2.45) is 72.1 Å². The highest BCUT2D eigenvalue weighted by Gasteiger charge is 2.27. The van der Waals surface area contributed by atoms with Crippen molar-refractivity contribution in [1.29, 1.82) is 0 Å². The normalized spacial score (nSPS) is 19.3. The van der Waals surface area contributed by atoms with E-state index < -0.39 is 0 Å². The highest BCUT2D eigenvalue weighted by molar-refractivity contribution is 6.05. The van der Waals surface area contributed by atoms with E-state index >= 15 is 0 Å². The number of nitrogens with two attached hydrogens (primary N) is 6. The van der Waals surface area contributed by atoms with Gasteiger partial charge in [0.25, 0.3) is 11.8 Å². The number of nitrogens with one attached hydrogen (secondary N) is 2. The average Bonchev–Trinajstić information content (AvgIpc) is 3.03. The third kappa shape index (κ3) is 19.0. The highest BCUT2D eigenvalue weighted by atomic mass is 16.2. The molecule has 0 aromatic heterocycles. The Balaban J connectivity index is 2.95. The van der Waals surface area contributed by atoms with Crippen molar-refractivity contribution in [2.75, 3.05) is 32.7 Å². The summed E-state index contributed by atoms with van der Waals surface area (Å²) in [6.45, 7) is 12.1. The number of amides is 2. The molecule has 0 fully saturated rings. The van der Waals surface area contributed by atoms with Gasteiger partial charge in [-0.25, -0.2) is 0 Å². The van der Waals surface area contributed by atoms with Crippen molar-refractivity contribution in [1.82, 2.24) is 10.6 Å². The van der Waals surface area contributed by atoms with Crippen molar-refractivity contribution in [3.8, 4) is 0 Å². The summed E-state index contributed by atoms with van der Waals surface area (Å²) in [4.78, 5) is 42.2. The van der Waals surface area contributed by atoms with E-state index in [0.717, 1.165) is 38.5 Å². The molecule has 0 saturated carbocycles. The van der Waals surface area contributed by atoms with Crippen LogP contribution in [-0.2, 0) is 9.59 Å². The molecule has 14 nitrogen and oxygen atoms in total. The Labute approximate surface area is 292 Å². The molecule has 0 saturated heterocycles. The Morgan fingerprint density at radius 2 is 1.35 bits per heavy atom. The van der Waals surface area contributed by atoms with Gasteiger partial charge in [-0.2, -0.15) is 0 Å². The topological polar surface area (TPSA) is 264 Å². The molecule has 3 atom stereocenters. The Morgan fingerprint density at radius 3 is 1.88 bits per heavy atom. The summed E-state index contributed by atoms with van der Waals surface area (Å²) in [7, 11) is 0. The van der Waals surface area contributed by atoms with E-state index in [1.165, 1.54) is 11.1 Å². The van der Waals surface area contributed by atoms with Gasteiger partial charge in [-0.3, -0.25) is 40.2 Å². The lowest BCUT2D eigenvalue weighted by molar-refractivity contribution is -0.117. The maximum Gasteiger partial charge on any atom is 0.253 e. The van der Waals surface area contributed by atoms with Gasteiger partial charge in [-0.15, -0.1) is 0 Å². The van der Waals surface area contributed by atoms with E-state index in [0.29, 0.717) is 49.1 Å². The summed E-state index contributed by atoms with van der Waals surface area (Å²) in [5.41, 5.74) is 37.1. The summed E-state index contributed by atoms with van der Waals surface area (Å²) < 4.78 is 0. The molecule has 1 aliphatic rings. The number of hydrogen-bond acceptors (Lipinski definition) is 7. The molecule has 2 amide bonds. The van der Waals surface area contributed by atoms with E-state index in [1.54, 1.807) is 19.9 Å². The first kappa shape index (κ1) is 42.3. The quantitative estimate of drug-likeness (QED) is 0.0264. The lowest BCUT2D eigenvalue weighted by Gasteiger charge is -2.32. The molecule has 0 aromatic rings. The first-order valence-electron chi connectivity index (χ1n) is 16.8. The summed E-state index contributed by atoms with van der Waals surface area (Å²) in [5, 5.41) is 5.31. The van der Waals surface area contributed by atoms with Crippen LogP contribution in [0.4, 0.5) is 0 Å². The van der Waals surface area contributed by atoms with Gasteiger partial charge >= 0.3 is 0 Å². The van der Waals surface area contributed by atoms with Crippen LogP contribution in [0, 0.1) is 17.8 Å². The van der Waals surface area contributed by atoms with Crippen molar-refractivity contribution in [3.05, 3.63) is 58.7 Å². The van der Waals surface area contributed by atoms with Gasteiger partial charge in [0.05, 0.1) is 6.54 Å². The molecule has 0 heterocycles. The number of hydrogen-bond donors (Lipinski definition) is 8. The van der Waals surface area contributed by atoms with Crippen LogP contribution < -0.4 is 45.0 Å². The zero-order valence-electron chi connectivity index (χ0n) is 30.0. The van der Waals surface area contributed by atoms with Crippen LogP contribution in [0.5, 0.6) is 0 Å². The van der Waals surface area contributed by atoms with Crippen molar-refractivity contribution in [3.63, 3.8) is 0 Å². The molecule has 49 heavy (non-hydrogen) atoms. The van der Waals surface area contributed by atoms with Gasteiger partial charge in [0.2, 0.25) is 0 Å². The van der Waals surface area contributed by atoms with E-state index in [4.69, 9.17) is 34.4 Å². The second kappa shape index (κ2) is 23.6. The fourth-order valence-electron chi connectivity index (χ4n) is 4.91. The van der Waals surface area contributed by atoms with Crippen LogP contribution in [0.1, 0.15) is 73.1 Å². The lowest BCUT2D eigenvalue weighted by Crippen LogP contribution is -2.37. The number of amidine groups is 1. The van der Waals surface area contributed by atoms with Crippen molar-refractivity contribution >= 4 is 35.5 Å². The Morgan fingerprint density at radius 1 is 0.816 bits per heavy atom. The SMILES string of the molecule is CC(C)=CCC1CC(C=CC=C(C)C(=O)NC(N)=NCCCCN=C(N)CN)C(C=C(C)C(=O)NC(N)=NCCCCN=C(N)N)C=C1C. The number of unbranched alkanes of at least 4 members (excludes halogenated alkanes) is 2. The van der Waals surface area contributed by atoms with Crippen molar-refractivity contribution in [2.45, 2.75) is 73.1 Å². The van der Waals surface area contributed by atoms with Gasteiger partial charge in [0.1, 0.15) is 5.84 Å². The summed E-state index contributed by atoms with van der Waals surface area (Å²) in [5.74, 6) is 0.416. The molecule has 1 aliphatic carbocycles. The molecule has 0 spiro atoms. The van der Waals surface area contributed by atoms with Gasteiger partial charge in [0, 0.05) is 43.2 Å². The van der Waals surface area contributed by atoms with Crippen LogP contribution in [0.25, 0.3) is 0 Å². The maximum atomic E-state index is 13.0. The Kier molecular flexibility index (Phi) is 20.4. The second-order valence-corrected chi connectivity index (χ2v) is 12.4. The molecule has 0 radical (unpaired) electrons. The van der Waals surface area contributed by atoms with Crippen LogP contribution in [0.2, 0.25) is 0 Å². The smallest absolute Gasteiger partial charge is 0.253 e. The zero-order valence-corrected chi connectivity index (χ0v) is 30.0. The molecule has 3 unspecified atom stereocenters. The predicted molar refractivity (Wildman–Crippen MR) is 203 cm³/mol. The number of nitrogens with zero attached hydrogens (tertiary/aromatic N) is 4.